The van der Waals surface area contributed by atoms with E-state index in [9.17, 15) is 4.79 Å². The van der Waals surface area contributed by atoms with E-state index in [0.29, 0.717) is 19.3 Å². The Labute approximate surface area is 164 Å². The highest BCUT2D eigenvalue weighted by molar-refractivity contribution is 7.20. The third-order valence-corrected chi connectivity index (χ3v) is 6.77. The molecule has 0 radical (unpaired) electrons. The number of morpholine rings is 1. The van der Waals surface area contributed by atoms with Gasteiger partial charge < -0.3 is 15.0 Å². The van der Waals surface area contributed by atoms with Gasteiger partial charge in [-0.05, 0) is 32.3 Å². The van der Waals surface area contributed by atoms with Gasteiger partial charge in [-0.25, -0.2) is 9.97 Å². The van der Waals surface area contributed by atoms with Crippen molar-refractivity contribution in [3.63, 3.8) is 0 Å². The van der Waals surface area contributed by atoms with Crippen LogP contribution in [0.4, 0.5) is 5.82 Å². The topological polar surface area (TPSA) is 67.4 Å². The second kappa shape index (κ2) is 8.10. The largest absolute Gasteiger partial charge is 0.378 e. The zero-order chi connectivity index (χ0) is 18.8. The second-order valence-corrected chi connectivity index (χ2v) is 8.59. The summed E-state index contributed by atoms with van der Waals surface area (Å²) in [7, 11) is 0. The molecule has 3 heterocycles. The fraction of sp³-hybridized carbons (Fsp3) is 0.650. The highest BCUT2D eigenvalue weighted by Gasteiger charge is 2.25. The molecule has 0 bridgehead atoms. The summed E-state index contributed by atoms with van der Waals surface area (Å²) in [4.78, 5) is 26.3. The fourth-order valence-corrected chi connectivity index (χ4v) is 5.24. The van der Waals surface area contributed by atoms with E-state index in [0.717, 1.165) is 58.2 Å². The Morgan fingerprint density at radius 2 is 1.81 bits per heavy atom. The van der Waals surface area contributed by atoms with E-state index in [1.165, 1.54) is 37.0 Å². The molecule has 146 valence electrons. The molecule has 1 saturated heterocycles. The molecular formula is C20H28N4O2S. The first kappa shape index (κ1) is 18.6. The summed E-state index contributed by atoms with van der Waals surface area (Å²) in [5, 5.41) is 4.31. The van der Waals surface area contributed by atoms with Crippen LogP contribution in [0.15, 0.2) is 0 Å². The summed E-state index contributed by atoms with van der Waals surface area (Å²) >= 11 is 1.50. The number of thiophene rings is 1. The predicted octanol–water partition coefficient (Wildman–Crippen LogP) is 3.60. The van der Waals surface area contributed by atoms with Crippen molar-refractivity contribution in [3.05, 3.63) is 16.3 Å². The first-order valence-corrected chi connectivity index (χ1v) is 10.9. The van der Waals surface area contributed by atoms with Crippen LogP contribution >= 0.6 is 11.3 Å². The van der Waals surface area contributed by atoms with E-state index in [-0.39, 0.29) is 5.91 Å². The number of carbonyl (C=O) groups excluding carboxylic acids is 1. The maximum Gasteiger partial charge on any atom is 0.261 e. The Kier molecular flexibility index (Phi) is 5.59. The lowest BCUT2D eigenvalue weighted by molar-refractivity contribution is 0.0937. The molecule has 7 heteroatoms. The van der Waals surface area contributed by atoms with Crippen LogP contribution in [0, 0.1) is 13.8 Å². The van der Waals surface area contributed by atoms with Gasteiger partial charge in [-0.1, -0.05) is 25.7 Å². The van der Waals surface area contributed by atoms with Gasteiger partial charge in [0, 0.05) is 19.1 Å². The van der Waals surface area contributed by atoms with Crippen molar-refractivity contribution in [2.75, 3.05) is 31.2 Å². The number of hydrogen-bond donors (Lipinski definition) is 1. The molecule has 4 rings (SSSR count). The SMILES string of the molecule is Cc1nc(N2CCOCC2)c2c(C)c(C(=O)NC3CCCCCC3)sc2n1. The summed E-state index contributed by atoms with van der Waals surface area (Å²) in [5.41, 5.74) is 1.00. The van der Waals surface area contributed by atoms with Gasteiger partial charge in [0.05, 0.1) is 23.5 Å². The lowest BCUT2D eigenvalue weighted by Crippen LogP contribution is -2.37. The number of aromatic nitrogens is 2. The van der Waals surface area contributed by atoms with Crippen LogP contribution in [0.3, 0.4) is 0 Å². The number of rotatable bonds is 3. The quantitative estimate of drug-likeness (QED) is 0.814. The number of amides is 1. The molecule has 0 atom stereocenters. The second-order valence-electron chi connectivity index (χ2n) is 7.59. The Morgan fingerprint density at radius 1 is 1.11 bits per heavy atom. The molecule has 1 N–H and O–H groups in total. The van der Waals surface area contributed by atoms with Crippen LogP contribution in [-0.4, -0.2) is 48.2 Å². The molecule has 2 aliphatic rings. The standard InChI is InChI=1S/C20H28N4O2S/c1-13-16-18(24-9-11-26-12-10-24)21-14(2)22-20(16)27-17(13)19(25)23-15-7-5-3-4-6-8-15/h15H,3-12H2,1-2H3,(H,23,25). The van der Waals surface area contributed by atoms with Crippen molar-refractivity contribution in [2.45, 2.75) is 58.4 Å². The Morgan fingerprint density at radius 3 is 2.52 bits per heavy atom. The van der Waals surface area contributed by atoms with E-state index in [2.05, 4.69) is 15.2 Å². The van der Waals surface area contributed by atoms with E-state index in [1.54, 1.807) is 0 Å². The zero-order valence-electron chi connectivity index (χ0n) is 16.2. The van der Waals surface area contributed by atoms with Crippen molar-refractivity contribution in [1.82, 2.24) is 15.3 Å². The number of aryl methyl sites for hydroxylation is 2. The van der Waals surface area contributed by atoms with Gasteiger partial charge in [0.2, 0.25) is 0 Å². The maximum atomic E-state index is 13.0. The molecule has 1 aliphatic carbocycles. The molecule has 0 unspecified atom stereocenters. The number of carbonyl (C=O) groups is 1. The number of ether oxygens (including phenoxy) is 1. The average Bonchev–Trinajstić information content (AvgIpc) is 2.84. The van der Waals surface area contributed by atoms with Gasteiger partial charge in [0.1, 0.15) is 16.5 Å². The summed E-state index contributed by atoms with van der Waals surface area (Å²) in [6, 6.07) is 0.302. The van der Waals surface area contributed by atoms with Crippen LogP contribution < -0.4 is 10.2 Å². The molecule has 27 heavy (non-hydrogen) atoms. The minimum Gasteiger partial charge on any atom is -0.378 e. The molecule has 0 spiro atoms. The van der Waals surface area contributed by atoms with Crippen LogP contribution in [-0.2, 0) is 4.74 Å². The van der Waals surface area contributed by atoms with Crippen molar-refractivity contribution in [3.8, 4) is 0 Å². The van der Waals surface area contributed by atoms with Crippen LogP contribution in [0.2, 0.25) is 0 Å². The summed E-state index contributed by atoms with van der Waals surface area (Å²) < 4.78 is 5.49. The van der Waals surface area contributed by atoms with Crippen LogP contribution in [0.1, 0.15) is 59.6 Å². The minimum atomic E-state index is 0.0491. The molecule has 1 aliphatic heterocycles. The van der Waals surface area contributed by atoms with Crippen LogP contribution in [0.5, 0.6) is 0 Å². The molecule has 2 fully saturated rings. The highest BCUT2D eigenvalue weighted by Crippen LogP contribution is 2.36. The summed E-state index contributed by atoms with van der Waals surface area (Å²) in [6.45, 7) is 7.02. The molecule has 2 aromatic heterocycles. The lowest BCUT2D eigenvalue weighted by Gasteiger charge is -2.28. The average molecular weight is 389 g/mol. The van der Waals surface area contributed by atoms with Gasteiger partial charge in [-0.15, -0.1) is 11.3 Å². The number of anilines is 1. The first-order valence-electron chi connectivity index (χ1n) is 10.0. The zero-order valence-corrected chi connectivity index (χ0v) is 17.0. The third-order valence-electron chi connectivity index (χ3n) is 5.59. The summed E-state index contributed by atoms with van der Waals surface area (Å²) in [5.74, 6) is 1.75. The van der Waals surface area contributed by atoms with Crippen molar-refractivity contribution in [1.29, 1.82) is 0 Å². The van der Waals surface area contributed by atoms with Crippen LogP contribution in [0.25, 0.3) is 10.2 Å². The molecule has 1 amide bonds. The smallest absolute Gasteiger partial charge is 0.261 e. The van der Waals surface area contributed by atoms with Crippen molar-refractivity contribution >= 4 is 33.3 Å². The van der Waals surface area contributed by atoms with E-state index in [1.807, 2.05) is 13.8 Å². The lowest BCUT2D eigenvalue weighted by atomic mass is 10.1. The molecule has 1 saturated carbocycles. The number of nitrogens with one attached hydrogen (secondary N) is 1. The number of fused-ring (bicyclic) bond motifs is 1. The number of hydrogen-bond acceptors (Lipinski definition) is 6. The van der Waals surface area contributed by atoms with E-state index >= 15 is 0 Å². The molecule has 2 aromatic rings. The third kappa shape index (κ3) is 3.94. The molecule has 6 nitrogen and oxygen atoms in total. The molecular weight excluding hydrogens is 360 g/mol. The van der Waals surface area contributed by atoms with Gasteiger partial charge >= 0.3 is 0 Å². The monoisotopic (exact) mass is 388 g/mol. The van der Waals surface area contributed by atoms with Gasteiger partial charge in [0.15, 0.2) is 0 Å². The predicted molar refractivity (Wildman–Crippen MR) is 109 cm³/mol. The highest BCUT2D eigenvalue weighted by atomic mass is 32.1. The minimum absolute atomic E-state index is 0.0491. The van der Waals surface area contributed by atoms with Gasteiger partial charge in [0.25, 0.3) is 5.91 Å². The van der Waals surface area contributed by atoms with E-state index in [4.69, 9.17) is 9.72 Å². The molecule has 0 aromatic carbocycles. The van der Waals surface area contributed by atoms with Gasteiger partial charge in [-0.2, -0.15) is 0 Å². The van der Waals surface area contributed by atoms with Gasteiger partial charge in [-0.3, -0.25) is 4.79 Å². The maximum absolute atomic E-state index is 13.0. The van der Waals surface area contributed by atoms with Crippen molar-refractivity contribution < 1.29 is 9.53 Å². The Hall–Kier alpha value is -1.73. The Balaban J connectivity index is 1.65. The number of nitrogens with zero attached hydrogens (tertiary/aromatic N) is 3. The first-order chi connectivity index (χ1) is 13.1. The normalized spacial score (nSPS) is 19.3. The van der Waals surface area contributed by atoms with Crippen molar-refractivity contribution in [2.24, 2.45) is 0 Å². The summed E-state index contributed by atoms with van der Waals surface area (Å²) in [6.07, 6.45) is 7.17. The Bertz CT molecular complexity index is 821. The van der Waals surface area contributed by atoms with E-state index < -0.39 is 0 Å². The fourth-order valence-electron chi connectivity index (χ4n) is 4.12.